The van der Waals surface area contributed by atoms with Crippen molar-refractivity contribution < 1.29 is 0 Å². The molecule has 0 aliphatic carbocycles. The first-order valence-corrected chi connectivity index (χ1v) is 6.91. The van der Waals surface area contributed by atoms with E-state index in [1.54, 1.807) is 12.3 Å². The second-order valence-corrected chi connectivity index (χ2v) is 5.12. The van der Waals surface area contributed by atoms with Gasteiger partial charge in [0.2, 0.25) is 0 Å². The van der Waals surface area contributed by atoms with Crippen LogP contribution in [0.1, 0.15) is 18.4 Å². The fraction of sp³-hybridized carbons (Fsp3) is 0.357. The number of aromatic nitrogens is 3. The molecule has 1 fully saturated rings. The lowest BCUT2D eigenvalue weighted by molar-refractivity contribution is 0.497. The summed E-state index contributed by atoms with van der Waals surface area (Å²) >= 11 is 0. The van der Waals surface area contributed by atoms with Crippen molar-refractivity contribution in [1.82, 2.24) is 14.8 Å². The Balaban J connectivity index is 2.00. The molecule has 0 amide bonds. The molecule has 1 aliphatic heterocycles. The molecule has 0 unspecified atom stereocenters. The van der Waals surface area contributed by atoms with E-state index in [1.165, 1.54) is 4.68 Å². The summed E-state index contributed by atoms with van der Waals surface area (Å²) in [6.07, 6.45) is 3.45. The third-order valence-electron chi connectivity index (χ3n) is 3.72. The topological polar surface area (TPSA) is 110 Å². The molecule has 0 bridgehead atoms. The van der Waals surface area contributed by atoms with Gasteiger partial charge in [0.25, 0.3) is 0 Å². The molecule has 3 rings (SSSR count). The van der Waals surface area contributed by atoms with Crippen LogP contribution >= 0.6 is 0 Å². The third kappa shape index (κ3) is 2.41. The maximum absolute atomic E-state index is 9.39. The Morgan fingerprint density at radius 2 is 2.05 bits per heavy atom. The molecule has 0 spiro atoms. The molecule has 108 valence electrons. The summed E-state index contributed by atoms with van der Waals surface area (Å²) in [4.78, 5) is 6.30. The van der Waals surface area contributed by atoms with Crippen molar-refractivity contribution in [1.29, 1.82) is 5.26 Å². The van der Waals surface area contributed by atoms with E-state index in [1.807, 2.05) is 12.1 Å². The second-order valence-electron chi connectivity index (χ2n) is 5.12. The zero-order valence-corrected chi connectivity index (χ0v) is 11.6. The molecule has 3 heterocycles. The van der Waals surface area contributed by atoms with Crippen molar-refractivity contribution in [2.24, 2.45) is 5.73 Å². The van der Waals surface area contributed by atoms with Gasteiger partial charge in [0, 0.05) is 25.3 Å². The van der Waals surface area contributed by atoms with Gasteiger partial charge in [-0.2, -0.15) is 9.94 Å². The number of rotatable bonds is 2. The molecule has 1 saturated heterocycles. The van der Waals surface area contributed by atoms with Gasteiger partial charge in [0.1, 0.15) is 17.5 Å². The minimum absolute atomic E-state index is 0.224. The van der Waals surface area contributed by atoms with Gasteiger partial charge in [-0.05, 0) is 25.0 Å². The van der Waals surface area contributed by atoms with Crippen molar-refractivity contribution in [3.63, 3.8) is 0 Å². The van der Waals surface area contributed by atoms with Gasteiger partial charge in [-0.25, -0.2) is 4.98 Å². The molecular weight excluding hydrogens is 266 g/mol. The van der Waals surface area contributed by atoms with Gasteiger partial charge in [-0.1, -0.05) is 6.07 Å². The Bertz CT molecular complexity index is 663. The number of hydrogen-bond acceptors (Lipinski definition) is 6. The average molecular weight is 283 g/mol. The van der Waals surface area contributed by atoms with Gasteiger partial charge in [-0.3, -0.25) is 0 Å². The number of piperidine rings is 1. The van der Waals surface area contributed by atoms with Gasteiger partial charge in [0.05, 0.1) is 0 Å². The molecule has 7 heteroatoms. The number of anilines is 2. The summed E-state index contributed by atoms with van der Waals surface area (Å²) in [6, 6.07) is 7.86. The van der Waals surface area contributed by atoms with E-state index in [9.17, 15) is 5.26 Å². The summed E-state index contributed by atoms with van der Waals surface area (Å²) in [6.45, 7) is 1.57. The van der Waals surface area contributed by atoms with E-state index < -0.39 is 0 Å². The largest absolute Gasteiger partial charge is 0.382 e. The minimum atomic E-state index is 0.224. The SMILES string of the molecule is N#Cc1c(N2CCC(N)CC2)nn(-c2ccccn2)c1N. The Hall–Kier alpha value is -2.59. The summed E-state index contributed by atoms with van der Waals surface area (Å²) in [7, 11) is 0. The van der Waals surface area contributed by atoms with Crippen molar-refractivity contribution >= 4 is 11.6 Å². The molecular formula is C14H17N7. The second kappa shape index (κ2) is 5.42. The highest BCUT2D eigenvalue weighted by atomic mass is 15.4. The molecule has 2 aromatic rings. The zero-order chi connectivity index (χ0) is 14.8. The molecule has 0 atom stereocenters. The van der Waals surface area contributed by atoms with E-state index >= 15 is 0 Å². The van der Waals surface area contributed by atoms with Crippen LogP contribution < -0.4 is 16.4 Å². The van der Waals surface area contributed by atoms with E-state index in [0.29, 0.717) is 23.0 Å². The van der Waals surface area contributed by atoms with Crippen LogP contribution in [0.3, 0.4) is 0 Å². The molecule has 0 aromatic carbocycles. The number of nitrogen functional groups attached to an aromatic ring is 1. The van der Waals surface area contributed by atoms with Crippen LogP contribution in [0.25, 0.3) is 5.82 Å². The Kier molecular flexibility index (Phi) is 3.46. The van der Waals surface area contributed by atoms with E-state index in [0.717, 1.165) is 25.9 Å². The fourth-order valence-corrected chi connectivity index (χ4v) is 2.51. The van der Waals surface area contributed by atoms with E-state index in [2.05, 4.69) is 21.1 Å². The molecule has 1 aliphatic rings. The zero-order valence-electron chi connectivity index (χ0n) is 11.6. The highest BCUT2D eigenvalue weighted by Gasteiger charge is 2.25. The monoisotopic (exact) mass is 283 g/mol. The fourth-order valence-electron chi connectivity index (χ4n) is 2.51. The van der Waals surface area contributed by atoms with Gasteiger partial charge in [0.15, 0.2) is 11.6 Å². The molecule has 4 N–H and O–H groups in total. The first kappa shape index (κ1) is 13.4. The lowest BCUT2D eigenvalue weighted by Gasteiger charge is -2.30. The predicted molar refractivity (Wildman–Crippen MR) is 79.9 cm³/mol. The number of nitrogens with two attached hydrogens (primary N) is 2. The molecule has 21 heavy (non-hydrogen) atoms. The first-order valence-electron chi connectivity index (χ1n) is 6.91. The molecule has 7 nitrogen and oxygen atoms in total. The average Bonchev–Trinajstić information content (AvgIpc) is 2.85. The molecule has 0 saturated carbocycles. The van der Waals surface area contributed by atoms with Crippen LogP contribution in [-0.2, 0) is 0 Å². The highest BCUT2D eigenvalue weighted by molar-refractivity contribution is 5.66. The van der Waals surface area contributed by atoms with Crippen molar-refractivity contribution in [3.05, 3.63) is 30.0 Å². The Labute approximate surface area is 122 Å². The number of nitrogens with zero attached hydrogens (tertiary/aromatic N) is 5. The first-order chi connectivity index (χ1) is 10.2. The van der Waals surface area contributed by atoms with E-state index in [-0.39, 0.29) is 6.04 Å². The maximum Gasteiger partial charge on any atom is 0.171 e. The maximum atomic E-state index is 9.39. The van der Waals surface area contributed by atoms with Crippen molar-refractivity contribution in [2.75, 3.05) is 23.7 Å². The van der Waals surface area contributed by atoms with Gasteiger partial charge in [-0.15, -0.1) is 5.10 Å². The Morgan fingerprint density at radius 1 is 1.29 bits per heavy atom. The van der Waals surface area contributed by atoms with Crippen LogP contribution in [0.4, 0.5) is 11.6 Å². The number of pyridine rings is 1. The predicted octanol–water partition coefficient (Wildman–Crippen LogP) is 0.649. The summed E-state index contributed by atoms with van der Waals surface area (Å²) < 4.78 is 1.52. The Morgan fingerprint density at radius 3 is 2.67 bits per heavy atom. The van der Waals surface area contributed by atoms with Crippen molar-refractivity contribution in [3.8, 4) is 11.9 Å². The standard InChI is InChI=1S/C14H17N7/c15-9-11-13(17)21(12-3-1-2-6-18-12)19-14(11)20-7-4-10(16)5-8-20/h1-3,6,10H,4-5,7-8,16-17H2. The lowest BCUT2D eigenvalue weighted by Crippen LogP contribution is -2.40. The van der Waals surface area contributed by atoms with Crippen molar-refractivity contribution in [2.45, 2.75) is 18.9 Å². The molecule has 0 radical (unpaired) electrons. The quantitative estimate of drug-likeness (QED) is 0.837. The summed E-state index contributed by atoms with van der Waals surface area (Å²) in [5, 5.41) is 13.9. The normalized spacial score (nSPS) is 15.9. The van der Waals surface area contributed by atoms with E-state index in [4.69, 9.17) is 11.5 Å². The highest BCUT2D eigenvalue weighted by Crippen LogP contribution is 2.28. The van der Waals surface area contributed by atoms with Crippen LogP contribution in [0.5, 0.6) is 0 Å². The smallest absolute Gasteiger partial charge is 0.171 e. The van der Waals surface area contributed by atoms with Crippen LogP contribution in [-0.4, -0.2) is 33.9 Å². The summed E-state index contributed by atoms with van der Waals surface area (Å²) in [5.74, 6) is 1.54. The van der Waals surface area contributed by atoms with Crippen LogP contribution in [0.15, 0.2) is 24.4 Å². The van der Waals surface area contributed by atoms with Crippen LogP contribution in [0.2, 0.25) is 0 Å². The lowest BCUT2D eigenvalue weighted by atomic mass is 10.1. The van der Waals surface area contributed by atoms with Gasteiger partial charge >= 0.3 is 0 Å². The molecule has 2 aromatic heterocycles. The minimum Gasteiger partial charge on any atom is -0.382 e. The summed E-state index contributed by atoms with van der Waals surface area (Å²) in [5.41, 5.74) is 12.4. The third-order valence-corrected chi connectivity index (χ3v) is 3.72. The number of nitriles is 1. The van der Waals surface area contributed by atoms with Crippen LogP contribution in [0, 0.1) is 11.3 Å². The van der Waals surface area contributed by atoms with Gasteiger partial charge < -0.3 is 16.4 Å². The number of hydrogen-bond donors (Lipinski definition) is 2.